The SMILES string of the molecule is CC(C)(CO)NC(=O)c1cncc(F)c1. The second-order valence-electron chi connectivity index (χ2n) is 3.89. The first kappa shape index (κ1) is 11.6. The lowest BCUT2D eigenvalue weighted by Crippen LogP contribution is -2.46. The fourth-order valence-electron chi connectivity index (χ4n) is 0.955. The van der Waals surface area contributed by atoms with E-state index in [2.05, 4.69) is 10.3 Å². The molecular formula is C10H13FN2O2. The molecule has 2 N–H and O–H groups in total. The monoisotopic (exact) mass is 212 g/mol. The quantitative estimate of drug-likeness (QED) is 0.776. The molecule has 0 bridgehead atoms. The Labute approximate surface area is 87.1 Å². The third-order valence-corrected chi connectivity index (χ3v) is 1.81. The lowest BCUT2D eigenvalue weighted by molar-refractivity contribution is 0.0868. The van der Waals surface area contributed by atoms with Crippen LogP contribution < -0.4 is 5.32 Å². The summed E-state index contributed by atoms with van der Waals surface area (Å²) >= 11 is 0. The smallest absolute Gasteiger partial charge is 0.253 e. The first-order valence-corrected chi connectivity index (χ1v) is 4.48. The molecule has 0 saturated carbocycles. The predicted molar refractivity (Wildman–Crippen MR) is 52.8 cm³/mol. The molecule has 0 fully saturated rings. The van der Waals surface area contributed by atoms with Gasteiger partial charge in [-0.15, -0.1) is 0 Å². The first-order valence-electron chi connectivity index (χ1n) is 4.48. The van der Waals surface area contributed by atoms with E-state index in [0.29, 0.717) is 0 Å². The number of hydrogen-bond acceptors (Lipinski definition) is 3. The topological polar surface area (TPSA) is 62.2 Å². The molecule has 0 spiro atoms. The highest BCUT2D eigenvalue weighted by Gasteiger charge is 2.20. The highest BCUT2D eigenvalue weighted by molar-refractivity contribution is 5.94. The van der Waals surface area contributed by atoms with Gasteiger partial charge in [-0.05, 0) is 19.9 Å². The van der Waals surface area contributed by atoms with Crippen LogP contribution in [0.2, 0.25) is 0 Å². The van der Waals surface area contributed by atoms with Crippen LogP contribution in [0.5, 0.6) is 0 Å². The molecular weight excluding hydrogens is 199 g/mol. The Morgan fingerprint density at radius 3 is 2.80 bits per heavy atom. The van der Waals surface area contributed by atoms with E-state index in [0.717, 1.165) is 12.3 Å². The first-order chi connectivity index (χ1) is 6.94. The molecule has 82 valence electrons. The van der Waals surface area contributed by atoms with E-state index in [4.69, 9.17) is 5.11 Å². The van der Waals surface area contributed by atoms with E-state index in [9.17, 15) is 9.18 Å². The summed E-state index contributed by atoms with van der Waals surface area (Å²) in [6, 6.07) is 1.09. The molecule has 1 rings (SSSR count). The second kappa shape index (κ2) is 4.35. The van der Waals surface area contributed by atoms with Crippen LogP contribution >= 0.6 is 0 Å². The average Bonchev–Trinajstić information content (AvgIpc) is 2.17. The van der Waals surface area contributed by atoms with Crippen LogP contribution in [-0.2, 0) is 0 Å². The zero-order valence-electron chi connectivity index (χ0n) is 8.62. The summed E-state index contributed by atoms with van der Waals surface area (Å²) < 4.78 is 12.8. The molecule has 1 heterocycles. The number of aromatic nitrogens is 1. The third kappa shape index (κ3) is 3.28. The Hall–Kier alpha value is -1.49. The fraction of sp³-hybridized carbons (Fsp3) is 0.400. The Morgan fingerprint density at radius 2 is 2.27 bits per heavy atom. The number of hydrogen-bond donors (Lipinski definition) is 2. The molecule has 1 amide bonds. The van der Waals surface area contributed by atoms with E-state index in [1.807, 2.05) is 0 Å². The molecule has 15 heavy (non-hydrogen) atoms. The molecule has 0 atom stereocenters. The second-order valence-corrected chi connectivity index (χ2v) is 3.89. The standard InChI is InChI=1S/C10H13FN2O2/c1-10(2,6-14)13-9(15)7-3-8(11)5-12-4-7/h3-5,14H,6H2,1-2H3,(H,13,15). The molecule has 1 aromatic rings. The van der Waals surface area contributed by atoms with Crippen molar-refractivity contribution in [3.05, 3.63) is 29.8 Å². The van der Waals surface area contributed by atoms with Gasteiger partial charge in [-0.2, -0.15) is 0 Å². The minimum Gasteiger partial charge on any atom is -0.394 e. The van der Waals surface area contributed by atoms with E-state index in [1.165, 1.54) is 6.20 Å². The van der Waals surface area contributed by atoms with Gasteiger partial charge in [-0.25, -0.2) is 4.39 Å². The van der Waals surface area contributed by atoms with E-state index < -0.39 is 17.3 Å². The number of carbonyl (C=O) groups is 1. The summed E-state index contributed by atoms with van der Waals surface area (Å²) in [6.07, 6.45) is 2.29. The van der Waals surface area contributed by atoms with E-state index >= 15 is 0 Å². The average molecular weight is 212 g/mol. The highest BCUT2D eigenvalue weighted by atomic mass is 19.1. The lowest BCUT2D eigenvalue weighted by Gasteiger charge is -2.23. The van der Waals surface area contributed by atoms with Gasteiger partial charge in [0.15, 0.2) is 0 Å². The van der Waals surface area contributed by atoms with Crippen LogP contribution in [0.15, 0.2) is 18.5 Å². The molecule has 0 radical (unpaired) electrons. The van der Waals surface area contributed by atoms with Crippen LogP contribution in [0.1, 0.15) is 24.2 Å². The summed E-state index contributed by atoms with van der Waals surface area (Å²) in [5.74, 6) is -1.02. The molecule has 4 nitrogen and oxygen atoms in total. The largest absolute Gasteiger partial charge is 0.394 e. The van der Waals surface area contributed by atoms with Crippen molar-refractivity contribution in [2.24, 2.45) is 0 Å². The number of halogens is 1. The third-order valence-electron chi connectivity index (χ3n) is 1.81. The van der Waals surface area contributed by atoms with Crippen molar-refractivity contribution >= 4 is 5.91 Å². The van der Waals surface area contributed by atoms with Gasteiger partial charge in [0.05, 0.1) is 23.9 Å². The molecule has 0 unspecified atom stereocenters. The Bertz CT molecular complexity index is 366. The number of carbonyl (C=O) groups excluding carboxylic acids is 1. The summed E-state index contributed by atoms with van der Waals surface area (Å²) in [5.41, 5.74) is -0.597. The van der Waals surface area contributed by atoms with Gasteiger partial charge < -0.3 is 10.4 Å². The normalized spacial score (nSPS) is 11.2. The zero-order valence-corrected chi connectivity index (χ0v) is 8.62. The number of amides is 1. The maximum Gasteiger partial charge on any atom is 0.253 e. The van der Waals surface area contributed by atoms with Crippen molar-refractivity contribution in [2.75, 3.05) is 6.61 Å². The number of pyridine rings is 1. The van der Waals surface area contributed by atoms with Gasteiger partial charge >= 0.3 is 0 Å². The van der Waals surface area contributed by atoms with Crippen molar-refractivity contribution in [3.63, 3.8) is 0 Å². The summed E-state index contributed by atoms with van der Waals surface area (Å²) in [6.45, 7) is 3.14. The minimum absolute atomic E-state index is 0.136. The van der Waals surface area contributed by atoms with Gasteiger partial charge in [-0.1, -0.05) is 0 Å². The summed E-state index contributed by atoms with van der Waals surface area (Å²) in [5, 5.41) is 11.5. The predicted octanol–water partition coefficient (Wildman–Crippen LogP) is 0.721. The molecule has 0 aliphatic carbocycles. The maximum absolute atomic E-state index is 12.8. The molecule has 0 aromatic carbocycles. The van der Waals surface area contributed by atoms with Crippen LogP contribution in [0.3, 0.4) is 0 Å². The van der Waals surface area contributed by atoms with Crippen molar-refractivity contribution in [2.45, 2.75) is 19.4 Å². The number of rotatable bonds is 3. The van der Waals surface area contributed by atoms with E-state index in [1.54, 1.807) is 13.8 Å². The molecule has 5 heteroatoms. The Morgan fingerprint density at radius 1 is 1.60 bits per heavy atom. The fourth-order valence-corrected chi connectivity index (χ4v) is 0.955. The van der Waals surface area contributed by atoms with Crippen LogP contribution in [0.4, 0.5) is 4.39 Å². The minimum atomic E-state index is -0.733. The van der Waals surface area contributed by atoms with Gasteiger partial charge in [0.1, 0.15) is 5.82 Å². The summed E-state index contributed by atoms with van der Waals surface area (Å²) in [4.78, 5) is 15.1. The summed E-state index contributed by atoms with van der Waals surface area (Å²) in [7, 11) is 0. The molecule has 0 aliphatic heterocycles. The lowest BCUT2D eigenvalue weighted by atomic mass is 10.1. The molecule has 0 aliphatic rings. The molecule has 0 saturated heterocycles. The number of aliphatic hydroxyl groups excluding tert-OH is 1. The van der Waals surface area contributed by atoms with Gasteiger partial charge in [0.2, 0.25) is 0 Å². The Balaban J connectivity index is 2.78. The van der Waals surface area contributed by atoms with Crippen molar-refractivity contribution < 1.29 is 14.3 Å². The number of nitrogens with zero attached hydrogens (tertiary/aromatic N) is 1. The van der Waals surface area contributed by atoms with Gasteiger partial charge in [0, 0.05) is 6.20 Å². The van der Waals surface area contributed by atoms with Crippen LogP contribution in [0, 0.1) is 5.82 Å². The van der Waals surface area contributed by atoms with Crippen molar-refractivity contribution in [1.82, 2.24) is 10.3 Å². The van der Waals surface area contributed by atoms with Crippen LogP contribution in [-0.4, -0.2) is 28.1 Å². The number of aliphatic hydroxyl groups is 1. The van der Waals surface area contributed by atoms with Gasteiger partial charge in [-0.3, -0.25) is 9.78 Å². The zero-order chi connectivity index (χ0) is 11.5. The maximum atomic E-state index is 12.8. The van der Waals surface area contributed by atoms with E-state index in [-0.39, 0.29) is 12.2 Å². The van der Waals surface area contributed by atoms with Crippen molar-refractivity contribution in [3.8, 4) is 0 Å². The Kier molecular flexibility index (Phi) is 3.36. The number of nitrogens with one attached hydrogen (secondary N) is 1. The molecule has 1 aromatic heterocycles. The van der Waals surface area contributed by atoms with Crippen LogP contribution in [0.25, 0.3) is 0 Å². The van der Waals surface area contributed by atoms with Gasteiger partial charge in [0.25, 0.3) is 5.91 Å². The highest BCUT2D eigenvalue weighted by Crippen LogP contribution is 2.05. The van der Waals surface area contributed by atoms with Crippen molar-refractivity contribution in [1.29, 1.82) is 0 Å².